The van der Waals surface area contributed by atoms with Crippen LogP contribution < -0.4 is 10.2 Å². The van der Waals surface area contributed by atoms with Crippen LogP contribution in [0.1, 0.15) is 12.5 Å². The highest BCUT2D eigenvalue weighted by atomic mass is 32.2. The number of nitrogens with one attached hydrogen (secondary N) is 1. The van der Waals surface area contributed by atoms with Crippen LogP contribution in [0.15, 0.2) is 57.9 Å². The molecule has 1 aromatic heterocycles. The summed E-state index contributed by atoms with van der Waals surface area (Å²) in [6.07, 6.45) is 2.49. The third kappa shape index (κ3) is 3.73. The molecule has 0 bridgehead atoms. The quantitative estimate of drug-likeness (QED) is 0.734. The molecule has 0 spiro atoms. The van der Waals surface area contributed by atoms with Crippen LogP contribution in [0.2, 0.25) is 0 Å². The van der Waals surface area contributed by atoms with E-state index in [0.717, 1.165) is 11.8 Å². The number of anilines is 1. The monoisotopic (exact) mass is 353 g/mol. The lowest BCUT2D eigenvalue weighted by Crippen LogP contribution is -2.09. The molecule has 0 atom stereocenters. The van der Waals surface area contributed by atoms with E-state index in [-0.39, 0.29) is 5.43 Å². The molecule has 0 unspecified atom stereocenters. The molecule has 1 N–H and O–H groups in total. The Labute approximate surface area is 145 Å². The molecule has 6 heteroatoms. The molecule has 3 rings (SSSR count). The van der Waals surface area contributed by atoms with Crippen LogP contribution in [0.25, 0.3) is 22.1 Å². The fraction of sp³-hybridized carbons (Fsp3) is 0.105. The maximum atomic E-state index is 12.7. The van der Waals surface area contributed by atoms with Gasteiger partial charge in [0.25, 0.3) is 0 Å². The fourth-order valence-corrected chi connectivity index (χ4v) is 3.05. The largest absolute Gasteiger partial charge is 0.463 e. The average Bonchev–Trinajstić information content (AvgIpc) is 2.55. The van der Waals surface area contributed by atoms with Gasteiger partial charge in [-0.05, 0) is 42.8 Å². The number of hydrogen-bond donors (Lipinski definition) is 1. The van der Waals surface area contributed by atoms with Gasteiger partial charge in [-0.15, -0.1) is 5.92 Å². The van der Waals surface area contributed by atoms with E-state index in [2.05, 4.69) is 16.6 Å². The van der Waals surface area contributed by atoms with Crippen molar-refractivity contribution in [3.63, 3.8) is 0 Å². The molecule has 126 valence electrons. The minimum Gasteiger partial charge on any atom is -0.463 e. The van der Waals surface area contributed by atoms with Gasteiger partial charge in [-0.25, -0.2) is 8.42 Å². The lowest BCUT2D eigenvalue weighted by atomic mass is 10.0. The minimum atomic E-state index is -3.34. The molecule has 0 aliphatic heterocycles. The first kappa shape index (κ1) is 16.8. The van der Waals surface area contributed by atoms with E-state index < -0.39 is 10.0 Å². The number of benzene rings is 2. The molecule has 0 saturated carbocycles. The Hall–Kier alpha value is -3.04. The summed E-state index contributed by atoms with van der Waals surface area (Å²) in [5.74, 6) is 5.73. The summed E-state index contributed by atoms with van der Waals surface area (Å²) in [6.45, 7) is 1.74. The lowest BCUT2D eigenvalue weighted by molar-refractivity contribution is 0.604. The second-order valence-electron chi connectivity index (χ2n) is 5.52. The second-order valence-corrected chi connectivity index (χ2v) is 7.26. The predicted octanol–water partition coefficient (Wildman–Crippen LogP) is 3.20. The smallest absolute Gasteiger partial charge is 0.229 e. The molecule has 2 aromatic carbocycles. The van der Waals surface area contributed by atoms with E-state index >= 15 is 0 Å². The normalized spacial score (nSPS) is 11.0. The lowest BCUT2D eigenvalue weighted by Gasteiger charge is -2.06. The van der Waals surface area contributed by atoms with Gasteiger partial charge in [0.1, 0.15) is 11.8 Å². The molecule has 0 amide bonds. The molecule has 1 heterocycles. The molecule has 0 aliphatic carbocycles. The molecule has 5 nitrogen and oxygen atoms in total. The van der Waals surface area contributed by atoms with Gasteiger partial charge in [0.2, 0.25) is 10.0 Å². The number of fused-ring (bicyclic) bond motifs is 1. The Morgan fingerprint density at radius 3 is 2.44 bits per heavy atom. The van der Waals surface area contributed by atoms with Crippen molar-refractivity contribution in [2.75, 3.05) is 11.0 Å². The summed E-state index contributed by atoms with van der Waals surface area (Å²) in [7, 11) is -3.34. The molecular formula is C19H15NO4S. The molecule has 0 radical (unpaired) electrons. The Bertz CT molecular complexity index is 1160. The van der Waals surface area contributed by atoms with E-state index in [1.807, 2.05) is 0 Å². The van der Waals surface area contributed by atoms with E-state index in [9.17, 15) is 13.2 Å². The molecule has 0 fully saturated rings. The van der Waals surface area contributed by atoms with Crippen molar-refractivity contribution in [1.82, 2.24) is 0 Å². The van der Waals surface area contributed by atoms with Crippen molar-refractivity contribution in [2.45, 2.75) is 6.92 Å². The Kier molecular flexibility index (Phi) is 4.34. The van der Waals surface area contributed by atoms with Crippen molar-refractivity contribution in [2.24, 2.45) is 0 Å². The van der Waals surface area contributed by atoms with Gasteiger partial charge in [0, 0.05) is 11.3 Å². The fourth-order valence-electron chi connectivity index (χ4n) is 2.48. The van der Waals surface area contributed by atoms with Crippen LogP contribution in [0, 0.1) is 11.8 Å². The van der Waals surface area contributed by atoms with Crippen LogP contribution in [-0.2, 0) is 10.0 Å². The van der Waals surface area contributed by atoms with Gasteiger partial charge in [0.05, 0.1) is 17.2 Å². The summed E-state index contributed by atoms with van der Waals surface area (Å²) in [5.41, 5.74) is 2.59. The van der Waals surface area contributed by atoms with Crippen LogP contribution in [0.3, 0.4) is 0 Å². The highest BCUT2D eigenvalue weighted by Gasteiger charge is 2.10. The molecule has 25 heavy (non-hydrogen) atoms. The number of hydrogen-bond acceptors (Lipinski definition) is 4. The van der Waals surface area contributed by atoms with Crippen molar-refractivity contribution >= 4 is 26.7 Å². The van der Waals surface area contributed by atoms with E-state index in [0.29, 0.717) is 27.8 Å². The van der Waals surface area contributed by atoms with Crippen molar-refractivity contribution in [3.8, 4) is 23.0 Å². The Morgan fingerprint density at radius 2 is 1.80 bits per heavy atom. The number of rotatable bonds is 3. The van der Waals surface area contributed by atoms with Crippen LogP contribution in [0.5, 0.6) is 0 Å². The zero-order valence-corrected chi connectivity index (χ0v) is 14.5. The van der Waals surface area contributed by atoms with Crippen molar-refractivity contribution < 1.29 is 12.8 Å². The summed E-state index contributed by atoms with van der Waals surface area (Å²) < 4.78 is 30.5. The van der Waals surface area contributed by atoms with Gasteiger partial charge in [-0.2, -0.15) is 0 Å². The summed E-state index contributed by atoms with van der Waals surface area (Å²) in [5, 5.41) is 0.470. The summed E-state index contributed by atoms with van der Waals surface area (Å²) in [4.78, 5) is 12.7. The third-order valence-corrected chi connectivity index (χ3v) is 4.15. The minimum absolute atomic E-state index is 0.152. The highest BCUT2D eigenvalue weighted by molar-refractivity contribution is 7.92. The first-order chi connectivity index (χ1) is 11.9. The van der Waals surface area contributed by atoms with Crippen molar-refractivity contribution in [1.29, 1.82) is 0 Å². The topological polar surface area (TPSA) is 76.4 Å². The van der Waals surface area contributed by atoms with E-state index in [1.54, 1.807) is 49.4 Å². The molecular weight excluding hydrogens is 338 g/mol. The summed E-state index contributed by atoms with van der Waals surface area (Å²) in [6, 6.07) is 11.7. The highest BCUT2D eigenvalue weighted by Crippen LogP contribution is 2.22. The maximum Gasteiger partial charge on any atom is 0.229 e. The SMILES string of the molecule is CC#Cc1ccc2c(=O)c(-c3ccc(NS(C)(=O)=O)cc3)coc2c1. The first-order valence-electron chi connectivity index (χ1n) is 7.44. The molecule has 0 aliphatic rings. The van der Waals surface area contributed by atoms with Gasteiger partial charge in [-0.3, -0.25) is 9.52 Å². The van der Waals surface area contributed by atoms with Gasteiger partial charge >= 0.3 is 0 Å². The Balaban J connectivity index is 2.04. The van der Waals surface area contributed by atoms with Crippen LogP contribution >= 0.6 is 0 Å². The number of sulfonamides is 1. The predicted molar refractivity (Wildman–Crippen MR) is 98.9 cm³/mol. The standard InChI is InChI=1S/C19H15NO4S/c1-3-4-13-5-10-16-18(11-13)24-12-17(19(16)21)14-6-8-15(9-7-14)20-25(2,22)23/h5-12,20H,1-2H3. The van der Waals surface area contributed by atoms with E-state index in [1.165, 1.54) is 6.26 Å². The average molecular weight is 353 g/mol. The second kappa shape index (κ2) is 6.46. The van der Waals surface area contributed by atoms with Gasteiger partial charge in [-0.1, -0.05) is 18.1 Å². The zero-order chi connectivity index (χ0) is 18.0. The van der Waals surface area contributed by atoms with E-state index in [4.69, 9.17) is 4.42 Å². The van der Waals surface area contributed by atoms with Crippen LogP contribution in [-0.4, -0.2) is 14.7 Å². The summed E-state index contributed by atoms with van der Waals surface area (Å²) >= 11 is 0. The van der Waals surface area contributed by atoms with Gasteiger partial charge < -0.3 is 4.42 Å². The van der Waals surface area contributed by atoms with Crippen LogP contribution in [0.4, 0.5) is 5.69 Å². The zero-order valence-electron chi connectivity index (χ0n) is 13.7. The Morgan fingerprint density at radius 1 is 1.08 bits per heavy atom. The van der Waals surface area contributed by atoms with Crippen molar-refractivity contribution in [3.05, 3.63) is 64.5 Å². The molecule has 0 saturated heterocycles. The van der Waals surface area contributed by atoms with Gasteiger partial charge in [0.15, 0.2) is 5.43 Å². The third-order valence-electron chi connectivity index (χ3n) is 3.54. The maximum absolute atomic E-state index is 12.7. The first-order valence-corrected chi connectivity index (χ1v) is 9.33. The molecule has 3 aromatic rings.